The SMILES string of the molecule is CC(C)OC(CCCl)c1ccc(Cl)cc1. The topological polar surface area (TPSA) is 9.23 Å². The number of ether oxygens (including phenoxy) is 1. The quantitative estimate of drug-likeness (QED) is 0.699. The van der Waals surface area contributed by atoms with Crippen LogP contribution in [-0.2, 0) is 4.74 Å². The van der Waals surface area contributed by atoms with Crippen LogP contribution in [0.2, 0.25) is 5.02 Å². The van der Waals surface area contributed by atoms with E-state index in [-0.39, 0.29) is 12.2 Å². The van der Waals surface area contributed by atoms with E-state index in [1.54, 1.807) is 0 Å². The lowest BCUT2D eigenvalue weighted by atomic mass is 10.1. The molecule has 1 rings (SSSR count). The Morgan fingerprint density at radius 3 is 2.27 bits per heavy atom. The molecule has 1 unspecified atom stereocenters. The van der Waals surface area contributed by atoms with E-state index in [1.807, 2.05) is 38.1 Å². The standard InChI is InChI=1S/C12H16Cl2O/c1-9(2)15-12(7-8-13)10-3-5-11(14)6-4-10/h3-6,9,12H,7-8H2,1-2H3. The largest absolute Gasteiger partial charge is 0.371 e. The Hall–Kier alpha value is -0.240. The summed E-state index contributed by atoms with van der Waals surface area (Å²) in [6.07, 6.45) is 1.09. The molecule has 0 aliphatic heterocycles. The van der Waals surface area contributed by atoms with Crippen molar-refractivity contribution in [3.05, 3.63) is 34.9 Å². The third kappa shape index (κ3) is 4.42. The lowest BCUT2D eigenvalue weighted by Gasteiger charge is -2.20. The van der Waals surface area contributed by atoms with Crippen molar-refractivity contribution in [1.29, 1.82) is 0 Å². The molecule has 1 atom stereocenters. The van der Waals surface area contributed by atoms with Crippen LogP contribution in [0.1, 0.15) is 31.9 Å². The van der Waals surface area contributed by atoms with Crippen LogP contribution in [0, 0.1) is 0 Å². The van der Waals surface area contributed by atoms with Gasteiger partial charge in [0.25, 0.3) is 0 Å². The van der Waals surface area contributed by atoms with Crippen molar-refractivity contribution in [2.24, 2.45) is 0 Å². The Bertz CT molecular complexity index is 282. The van der Waals surface area contributed by atoms with Gasteiger partial charge in [0.05, 0.1) is 12.2 Å². The Labute approximate surface area is 101 Å². The Balaban J connectivity index is 2.74. The molecule has 84 valence electrons. The van der Waals surface area contributed by atoms with Crippen LogP contribution < -0.4 is 0 Å². The zero-order valence-corrected chi connectivity index (χ0v) is 10.6. The molecule has 15 heavy (non-hydrogen) atoms. The van der Waals surface area contributed by atoms with Gasteiger partial charge in [0.2, 0.25) is 0 Å². The highest BCUT2D eigenvalue weighted by molar-refractivity contribution is 6.30. The van der Waals surface area contributed by atoms with E-state index in [2.05, 4.69) is 0 Å². The van der Waals surface area contributed by atoms with E-state index in [1.165, 1.54) is 0 Å². The summed E-state index contributed by atoms with van der Waals surface area (Å²) in [5, 5.41) is 0.743. The first-order valence-corrected chi connectivity index (χ1v) is 6.01. The van der Waals surface area contributed by atoms with Crippen molar-refractivity contribution in [1.82, 2.24) is 0 Å². The molecule has 0 spiro atoms. The summed E-state index contributed by atoms with van der Waals surface area (Å²) in [5.41, 5.74) is 1.13. The van der Waals surface area contributed by atoms with Crippen molar-refractivity contribution in [3.8, 4) is 0 Å². The van der Waals surface area contributed by atoms with E-state index >= 15 is 0 Å². The molecule has 1 nitrogen and oxygen atoms in total. The van der Waals surface area contributed by atoms with Gasteiger partial charge in [-0.1, -0.05) is 23.7 Å². The van der Waals surface area contributed by atoms with Gasteiger partial charge in [-0.25, -0.2) is 0 Å². The van der Waals surface area contributed by atoms with Gasteiger partial charge in [-0.3, -0.25) is 0 Å². The lowest BCUT2D eigenvalue weighted by Crippen LogP contribution is -2.11. The van der Waals surface area contributed by atoms with Crippen molar-refractivity contribution in [3.63, 3.8) is 0 Å². The molecule has 0 fully saturated rings. The fraction of sp³-hybridized carbons (Fsp3) is 0.500. The van der Waals surface area contributed by atoms with Crippen LogP contribution in [0.5, 0.6) is 0 Å². The van der Waals surface area contributed by atoms with Gasteiger partial charge in [0.1, 0.15) is 0 Å². The van der Waals surface area contributed by atoms with Crippen LogP contribution in [-0.4, -0.2) is 12.0 Å². The zero-order valence-electron chi connectivity index (χ0n) is 9.04. The van der Waals surface area contributed by atoms with E-state index < -0.39 is 0 Å². The predicted molar refractivity (Wildman–Crippen MR) is 65.8 cm³/mol. The smallest absolute Gasteiger partial charge is 0.0839 e. The molecule has 0 amide bonds. The number of halogens is 2. The fourth-order valence-electron chi connectivity index (χ4n) is 1.42. The van der Waals surface area contributed by atoms with Crippen molar-refractivity contribution >= 4 is 23.2 Å². The van der Waals surface area contributed by atoms with Gasteiger partial charge in [0.15, 0.2) is 0 Å². The molecule has 0 bridgehead atoms. The predicted octanol–water partition coefficient (Wildman–Crippen LogP) is 4.44. The first kappa shape index (κ1) is 12.8. The first-order chi connectivity index (χ1) is 7.13. The maximum absolute atomic E-state index is 5.83. The van der Waals surface area contributed by atoms with E-state index in [0.29, 0.717) is 5.88 Å². The van der Waals surface area contributed by atoms with E-state index in [0.717, 1.165) is 17.0 Å². The summed E-state index contributed by atoms with van der Waals surface area (Å²) in [6.45, 7) is 4.05. The number of hydrogen-bond donors (Lipinski definition) is 0. The summed E-state index contributed by atoms with van der Waals surface area (Å²) in [7, 11) is 0. The number of hydrogen-bond acceptors (Lipinski definition) is 1. The van der Waals surface area contributed by atoms with Crippen LogP contribution in [0.4, 0.5) is 0 Å². The minimum absolute atomic E-state index is 0.0692. The maximum atomic E-state index is 5.83. The van der Waals surface area contributed by atoms with Crippen molar-refractivity contribution in [2.75, 3.05) is 5.88 Å². The maximum Gasteiger partial charge on any atom is 0.0839 e. The van der Waals surface area contributed by atoms with Crippen molar-refractivity contribution < 1.29 is 4.74 Å². The normalized spacial score (nSPS) is 13.1. The molecule has 0 aromatic heterocycles. The van der Waals surface area contributed by atoms with Gasteiger partial charge in [-0.2, -0.15) is 0 Å². The second-order valence-corrected chi connectivity index (χ2v) is 4.52. The second kappa shape index (κ2) is 6.37. The third-order valence-corrected chi connectivity index (χ3v) is 2.52. The van der Waals surface area contributed by atoms with Gasteiger partial charge < -0.3 is 4.74 Å². The van der Waals surface area contributed by atoms with Crippen LogP contribution in [0.25, 0.3) is 0 Å². The Kier molecular flexibility index (Phi) is 5.44. The monoisotopic (exact) mass is 246 g/mol. The molecule has 0 N–H and O–H groups in total. The highest BCUT2D eigenvalue weighted by atomic mass is 35.5. The van der Waals surface area contributed by atoms with Gasteiger partial charge in [-0.15, -0.1) is 11.6 Å². The fourth-order valence-corrected chi connectivity index (χ4v) is 1.74. The van der Waals surface area contributed by atoms with Gasteiger partial charge in [0, 0.05) is 10.9 Å². The summed E-state index contributed by atoms with van der Waals surface area (Å²) in [6, 6.07) is 7.73. The van der Waals surface area contributed by atoms with E-state index in [4.69, 9.17) is 27.9 Å². The van der Waals surface area contributed by atoms with Crippen LogP contribution >= 0.6 is 23.2 Å². The van der Waals surface area contributed by atoms with Gasteiger partial charge in [-0.05, 0) is 38.0 Å². The Morgan fingerprint density at radius 2 is 1.80 bits per heavy atom. The highest BCUT2D eigenvalue weighted by Crippen LogP contribution is 2.24. The summed E-state index contributed by atoms with van der Waals surface area (Å²) in [4.78, 5) is 0. The molecular formula is C12H16Cl2O. The number of rotatable bonds is 5. The molecule has 1 aromatic rings. The molecule has 0 saturated carbocycles. The van der Waals surface area contributed by atoms with Gasteiger partial charge >= 0.3 is 0 Å². The number of alkyl halides is 1. The minimum Gasteiger partial charge on any atom is -0.371 e. The van der Waals surface area contributed by atoms with Crippen LogP contribution in [0.3, 0.4) is 0 Å². The number of benzene rings is 1. The molecule has 1 aromatic carbocycles. The van der Waals surface area contributed by atoms with Crippen LogP contribution in [0.15, 0.2) is 24.3 Å². The Morgan fingerprint density at radius 1 is 1.20 bits per heavy atom. The molecule has 0 aliphatic carbocycles. The second-order valence-electron chi connectivity index (χ2n) is 3.70. The molecule has 0 heterocycles. The molecule has 0 aliphatic rings. The summed E-state index contributed by atoms with van der Waals surface area (Å²) in [5.74, 6) is 0.597. The molecule has 3 heteroatoms. The first-order valence-electron chi connectivity index (χ1n) is 5.10. The van der Waals surface area contributed by atoms with Crippen molar-refractivity contribution in [2.45, 2.75) is 32.5 Å². The summed E-state index contributed by atoms with van der Waals surface area (Å²) >= 11 is 11.6. The minimum atomic E-state index is 0.0692. The summed E-state index contributed by atoms with van der Waals surface area (Å²) < 4.78 is 5.79. The molecule has 0 saturated heterocycles. The third-order valence-electron chi connectivity index (χ3n) is 2.05. The lowest BCUT2D eigenvalue weighted by molar-refractivity contribution is 0.00499. The molecular weight excluding hydrogens is 231 g/mol. The van der Waals surface area contributed by atoms with E-state index in [9.17, 15) is 0 Å². The average Bonchev–Trinajstić information content (AvgIpc) is 2.17. The highest BCUT2D eigenvalue weighted by Gasteiger charge is 2.12. The zero-order chi connectivity index (χ0) is 11.3. The average molecular weight is 247 g/mol. The molecule has 0 radical (unpaired) electrons.